The van der Waals surface area contributed by atoms with Gasteiger partial charge in [-0.05, 0) is 41.5 Å². The molecule has 1 aliphatic heterocycles. The molecule has 0 unspecified atom stereocenters. The van der Waals surface area contributed by atoms with Crippen molar-refractivity contribution in [3.63, 3.8) is 0 Å². The molecule has 1 aromatic heterocycles. The molecule has 1 amide bonds. The SMILES string of the molecule is O=C(CN1CCOCC1)N/N=C\c1cc(-c2ccccc2)n(-c2ccc(Cl)cc2)c1-c1ccccc1. The van der Waals surface area contributed by atoms with Gasteiger partial charge in [-0.3, -0.25) is 9.69 Å². The van der Waals surface area contributed by atoms with Gasteiger partial charge in [-0.15, -0.1) is 0 Å². The first kappa shape index (κ1) is 24.0. The van der Waals surface area contributed by atoms with Gasteiger partial charge >= 0.3 is 0 Å². The van der Waals surface area contributed by atoms with E-state index in [0.717, 1.165) is 46.9 Å². The lowest BCUT2D eigenvalue weighted by atomic mass is 10.1. The van der Waals surface area contributed by atoms with E-state index in [2.05, 4.69) is 50.3 Å². The standard InChI is InChI=1S/C29H27ClN4O2/c30-25-11-13-26(14-12-25)34-27(22-7-3-1-4-8-22)19-24(29(34)23-9-5-2-6-10-23)20-31-32-28(35)21-33-15-17-36-18-16-33/h1-14,19-20H,15-18,21H2,(H,32,35)/b31-20-. The second-order valence-corrected chi connectivity index (χ2v) is 9.00. The van der Waals surface area contributed by atoms with Crippen molar-refractivity contribution < 1.29 is 9.53 Å². The lowest BCUT2D eigenvalue weighted by Crippen LogP contribution is -2.42. The van der Waals surface area contributed by atoms with Gasteiger partial charge in [0.2, 0.25) is 0 Å². The average Bonchev–Trinajstić information content (AvgIpc) is 3.30. The third kappa shape index (κ3) is 5.57. The zero-order valence-corrected chi connectivity index (χ0v) is 20.6. The number of benzene rings is 3. The van der Waals surface area contributed by atoms with Crippen LogP contribution in [0.3, 0.4) is 0 Å². The molecule has 1 aliphatic rings. The van der Waals surface area contributed by atoms with Crippen molar-refractivity contribution in [2.75, 3.05) is 32.8 Å². The monoisotopic (exact) mass is 498 g/mol. The lowest BCUT2D eigenvalue weighted by Gasteiger charge is -2.25. The second-order valence-electron chi connectivity index (χ2n) is 8.56. The van der Waals surface area contributed by atoms with Crippen LogP contribution in [0.1, 0.15) is 5.56 Å². The number of nitrogens with one attached hydrogen (secondary N) is 1. The van der Waals surface area contributed by atoms with Crippen LogP contribution < -0.4 is 5.43 Å². The Kier molecular flexibility index (Phi) is 7.57. The number of ether oxygens (including phenoxy) is 1. The third-order valence-electron chi connectivity index (χ3n) is 6.10. The molecule has 0 spiro atoms. The molecule has 3 aromatic carbocycles. The topological polar surface area (TPSA) is 58.9 Å². The van der Waals surface area contributed by atoms with Gasteiger partial charge in [-0.1, -0.05) is 72.3 Å². The highest BCUT2D eigenvalue weighted by Crippen LogP contribution is 2.35. The normalized spacial score (nSPS) is 14.2. The summed E-state index contributed by atoms with van der Waals surface area (Å²) in [5.74, 6) is -0.144. The molecule has 0 atom stereocenters. The molecule has 5 rings (SSSR count). The van der Waals surface area contributed by atoms with E-state index >= 15 is 0 Å². The summed E-state index contributed by atoms with van der Waals surface area (Å²) in [6.45, 7) is 3.10. The van der Waals surface area contributed by atoms with Gasteiger partial charge in [0.15, 0.2) is 0 Å². The van der Waals surface area contributed by atoms with Crippen LogP contribution in [0.2, 0.25) is 5.02 Å². The minimum atomic E-state index is -0.144. The molecular weight excluding hydrogens is 472 g/mol. The Hall–Kier alpha value is -3.71. The van der Waals surface area contributed by atoms with Gasteiger partial charge in [0.25, 0.3) is 5.91 Å². The molecule has 182 valence electrons. The Bertz CT molecular complexity index is 1330. The van der Waals surface area contributed by atoms with E-state index in [1.54, 1.807) is 6.21 Å². The number of rotatable bonds is 7. The van der Waals surface area contributed by atoms with Crippen LogP contribution >= 0.6 is 11.6 Å². The van der Waals surface area contributed by atoms with Crippen LogP contribution in [-0.2, 0) is 9.53 Å². The number of amides is 1. The fraction of sp³-hybridized carbons (Fsp3) is 0.172. The van der Waals surface area contributed by atoms with E-state index < -0.39 is 0 Å². The van der Waals surface area contributed by atoms with Crippen LogP contribution in [0.25, 0.3) is 28.2 Å². The number of aromatic nitrogens is 1. The summed E-state index contributed by atoms with van der Waals surface area (Å²) in [7, 11) is 0. The van der Waals surface area contributed by atoms with Gasteiger partial charge in [0, 0.05) is 29.4 Å². The van der Waals surface area contributed by atoms with E-state index in [1.165, 1.54) is 0 Å². The molecule has 7 heteroatoms. The van der Waals surface area contributed by atoms with Crippen molar-refractivity contribution in [1.82, 2.24) is 14.9 Å². The summed E-state index contributed by atoms with van der Waals surface area (Å²) >= 11 is 6.20. The molecule has 36 heavy (non-hydrogen) atoms. The molecule has 1 N–H and O–H groups in total. The Morgan fingerprint density at radius 3 is 2.22 bits per heavy atom. The van der Waals surface area contributed by atoms with Crippen molar-refractivity contribution >= 4 is 23.7 Å². The largest absolute Gasteiger partial charge is 0.379 e. The number of hydrazone groups is 1. The first-order chi connectivity index (χ1) is 17.7. The van der Waals surface area contributed by atoms with Crippen molar-refractivity contribution in [1.29, 1.82) is 0 Å². The van der Waals surface area contributed by atoms with Gasteiger partial charge in [0.1, 0.15) is 0 Å². The second kappa shape index (κ2) is 11.4. The number of carbonyl (C=O) groups is 1. The highest BCUT2D eigenvalue weighted by atomic mass is 35.5. The number of carbonyl (C=O) groups excluding carboxylic acids is 1. The summed E-state index contributed by atoms with van der Waals surface area (Å²) in [6.07, 6.45) is 1.72. The zero-order chi connectivity index (χ0) is 24.7. The van der Waals surface area contributed by atoms with Gasteiger partial charge < -0.3 is 9.30 Å². The number of hydrogen-bond acceptors (Lipinski definition) is 4. The maximum Gasteiger partial charge on any atom is 0.254 e. The summed E-state index contributed by atoms with van der Waals surface area (Å²) in [6, 6.07) is 30.3. The molecule has 6 nitrogen and oxygen atoms in total. The highest BCUT2D eigenvalue weighted by Gasteiger charge is 2.19. The van der Waals surface area contributed by atoms with Crippen LogP contribution in [0, 0.1) is 0 Å². The Balaban J connectivity index is 1.54. The summed E-state index contributed by atoms with van der Waals surface area (Å²) in [5, 5.41) is 5.01. The maximum absolute atomic E-state index is 12.5. The number of nitrogens with zero attached hydrogens (tertiary/aromatic N) is 3. The van der Waals surface area contributed by atoms with E-state index in [0.29, 0.717) is 24.8 Å². The first-order valence-electron chi connectivity index (χ1n) is 11.9. The minimum absolute atomic E-state index is 0.144. The summed E-state index contributed by atoms with van der Waals surface area (Å²) < 4.78 is 7.56. The predicted octanol–water partition coefficient (Wildman–Crippen LogP) is 5.25. The molecule has 4 aromatic rings. The molecule has 2 heterocycles. The Labute approximate surface area is 215 Å². The highest BCUT2D eigenvalue weighted by molar-refractivity contribution is 6.30. The first-order valence-corrected chi connectivity index (χ1v) is 12.3. The summed E-state index contributed by atoms with van der Waals surface area (Å²) in [5.41, 5.74) is 8.66. The van der Waals surface area contributed by atoms with Crippen LogP contribution in [0.5, 0.6) is 0 Å². The molecule has 0 saturated carbocycles. The van der Waals surface area contributed by atoms with Gasteiger partial charge in [0.05, 0.1) is 37.4 Å². The zero-order valence-electron chi connectivity index (χ0n) is 19.8. The molecule has 0 aliphatic carbocycles. The van der Waals surface area contributed by atoms with Crippen molar-refractivity contribution in [2.45, 2.75) is 0 Å². The van der Waals surface area contributed by atoms with Gasteiger partial charge in [-0.2, -0.15) is 5.10 Å². The molecular formula is C29H27ClN4O2. The molecule has 0 bridgehead atoms. The number of halogens is 1. The smallest absolute Gasteiger partial charge is 0.254 e. The fourth-order valence-electron chi connectivity index (χ4n) is 4.37. The molecule has 0 radical (unpaired) electrons. The van der Waals surface area contributed by atoms with E-state index in [4.69, 9.17) is 16.3 Å². The van der Waals surface area contributed by atoms with E-state index in [-0.39, 0.29) is 5.91 Å². The van der Waals surface area contributed by atoms with Crippen molar-refractivity contribution in [3.05, 3.63) is 102 Å². The maximum atomic E-state index is 12.5. The van der Waals surface area contributed by atoms with Crippen LogP contribution in [0.4, 0.5) is 0 Å². The predicted molar refractivity (Wildman–Crippen MR) is 145 cm³/mol. The van der Waals surface area contributed by atoms with Gasteiger partial charge in [-0.25, -0.2) is 5.43 Å². The lowest BCUT2D eigenvalue weighted by molar-refractivity contribution is -0.123. The Morgan fingerprint density at radius 2 is 1.56 bits per heavy atom. The van der Waals surface area contributed by atoms with Crippen molar-refractivity contribution in [3.8, 4) is 28.2 Å². The minimum Gasteiger partial charge on any atom is -0.379 e. The number of hydrogen-bond donors (Lipinski definition) is 1. The third-order valence-corrected chi connectivity index (χ3v) is 6.35. The van der Waals surface area contributed by atoms with E-state index in [1.807, 2.05) is 60.7 Å². The summed E-state index contributed by atoms with van der Waals surface area (Å²) in [4.78, 5) is 14.5. The van der Waals surface area contributed by atoms with E-state index in [9.17, 15) is 4.79 Å². The number of morpholine rings is 1. The van der Waals surface area contributed by atoms with Crippen LogP contribution in [-0.4, -0.2) is 54.4 Å². The fourth-order valence-corrected chi connectivity index (χ4v) is 4.50. The molecule has 1 saturated heterocycles. The van der Waals surface area contributed by atoms with Crippen LogP contribution in [0.15, 0.2) is 96.1 Å². The Morgan fingerprint density at radius 1 is 0.917 bits per heavy atom. The average molecular weight is 499 g/mol. The van der Waals surface area contributed by atoms with Crippen molar-refractivity contribution in [2.24, 2.45) is 5.10 Å². The quantitative estimate of drug-likeness (QED) is 0.280. The molecule has 1 fully saturated rings.